The van der Waals surface area contributed by atoms with E-state index in [0.717, 1.165) is 11.3 Å². The Morgan fingerprint density at radius 3 is 2.17 bits per heavy atom. The number of pyridine rings is 1. The van der Waals surface area contributed by atoms with E-state index in [-0.39, 0.29) is 12.6 Å². The molecular formula is C31H38ClN5O4. The van der Waals surface area contributed by atoms with E-state index in [1.807, 2.05) is 45.0 Å². The lowest BCUT2D eigenvalue weighted by atomic mass is 10.1. The second kappa shape index (κ2) is 13.0. The molecule has 0 fully saturated rings. The number of hydrogen-bond donors (Lipinski definition) is 1. The van der Waals surface area contributed by atoms with Crippen molar-refractivity contribution >= 4 is 52.5 Å². The Morgan fingerprint density at radius 2 is 1.59 bits per heavy atom. The van der Waals surface area contributed by atoms with E-state index >= 15 is 0 Å². The summed E-state index contributed by atoms with van der Waals surface area (Å²) in [6.07, 6.45) is -0.602. The molecule has 0 bridgehead atoms. The number of aromatic nitrogens is 1. The van der Waals surface area contributed by atoms with Crippen LogP contribution in [0.3, 0.4) is 0 Å². The van der Waals surface area contributed by atoms with Gasteiger partial charge in [-0.3, -0.25) is 19.5 Å². The van der Waals surface area contributed by atoms with Gasteiger partial charge in [0.05, 0.1) is 23.6 Å². The van der Waals surface area contributed by atoms with E-state index in [1.54, 1.807) is 73.9 Å². The maximum absolute atomic E-state index is 13.7. The Balaban J connectivity index is 0.00000226. The number of benzene rings is 2. The van der Waals surface area contributed by atoms with Gasteiger partial charge in [-0.25, -0.2) is 14.6 Å². The van der Waals surface area contributed by atoms with E-state index in [4.69, 9.17) is 21.3 Å². The van der Waals surface area contributed by atoms with Crippen LogP contribution in [0.15, 0.2) is 60.7 Å². The largest absolute Gasteiger partial charge is 0.444 e. The molecule has 41 heavy (non-hydrogen) atoms. The second-order valence-corrected chi connectivity index (χ2v) is 10.9. The van der Waals surface area contributed by atoms with Crippen LogP contribution in [0.1, 0.15) is 52.8 Å². The zero-order valence-corrected chi connectivity index (χ0v) is 25.6. The van der Waals surface area contributed by atoms with Gasteiger partial charge in [0.2, 0.25) is 5.91 Å². The summed E-state index contributed by atoms with van der Waals surface area (Å²) in [5, 5.41) is 3.34. The molecule has 218 valence electrons. The third-order valence-electron chi connectivity index (χ3n) is 6.24. The van der Waals surface area contributed by atoms with E-state index in [2.05, 4.69) is 5.32 Å². The Hall–Kier alpha value is -4.11. The number of urea groups is 1. The Bertz CT molecular complexity index is 1390. The predicted octanol–water partition coefficient (Wildman–Crippen LogP) is 7.54. The summed E-state index contributed by atoms with van der Waals surface area (Å²) in [6.45, 7) is 13.1. The first-order valence-corrected chi connectivity index (χ1v) is 13.9. The highest BCUT2D eigenvalue weighted by molar-refractivity contribution is 6.30. The van der Waals surface area contributed by atoms with E-state index in [1.165, 1.54) is 11.9 Å². The molecule has 3 aromatic rings. The van der Waals surface area contributed by atoms with Crippen molar-refractivity contribution in [3.63, 3.8) is 0 Å². The standard InChI is InChI=1S/C29H32ClN5O4.C2H6/c1-18-7-11-21(12-8-18)34-17-23-24(35(27(34)37)22-13-9-20(30)10-14-22)15-16-25(31-23)32-26(36)19(2)33(6)28(38)39-29(3,4)5;1-2/h7-16,19H,17H2,1-6H3,(H,31,32,36);1-2H3/t19-;/m0./s1. The van der Waals surface area contributed by atoms with Crippen LogP contribution in [-0.4, -0.2) is 46.6 Å². The van der Waals surface area contributed by atoms with Crippen molar-refractivity contribution in [1.82, 2.24) is 9.88 Å². The zero-order chi connectivity index (χ0) is 30.5. The van der Waals surface area contributed by atoms with Gasteiger partial charge in [-0.15, -0.1) is 0 Å². The van der Waals surface area contributed by atoms with Crippen LogP contribution in [0.2, 0.25) is 5.02 Å². The molecule has 2 aromatic carbocycles. The maximum Gasteiger partial charge on any atom is 0.410 e. The number of aryl methyl sites for hydroxylation is 1. The molecule has 0 unspecified atom stereocenters. The molecule has 4 amide bonds. The molecule has 2 heterocycles. The van der Waals surface area contributed by atoms with Crippen molar-refractivity contribution in [1.29, 1.82) is 0 Å². The van der Waals surface area contributed by atoms with Crippen LogP contribution < -0.4 is 15.1 Å². The molecule has 0 radical (unpaired) electrons. The molecule has 1 atom stereocenters. The Morgan fingerprint density at radius 1 is 1.00 bits per heavy atom. The number of nitrogens with zero attached hydrogens (tertiary/aromatic N) is 4. The number of nitrogens with one attached hydrogen (secondary N) is 1. The first-order valence-electron chi connectivity index (χ1n) is 13.5. The fourth-order valence-electron chi connectivity index (χ4n) is 3.99. The van der Waals surface area contributed by atoms with E-state index in [9.17, 15) is 14.4 Å². The van der Waals surface area contributed by atoms with E-state index in [0.29, 0.717) is 27.9 Å². The quantitative estimate of drug-likeness (QED) is 0.337. The number of likely N-dealkylation sites (N-methyl/N-ethyl adjacent to an activating group) is 1. The van der Waals surface area contributed by atoms with Crippen LogP contribution in [-0.2, 0) is 16.1 Å². The van der Waals surface area contributed by atoms with Crippen molar-refractivity contribution < 1.29 is 19.1 Å². The molecule has 0 saturated heterocycles. The van der Waals surface area contributed by atoms with Gasteiger partial charge in [-0.2, -0.15) is 0 Å². The number of carbonyl (C=O) groups is 3. The van der Waals surface area contributed by atoms with Crippen molar-refractivity contribution in [2.75, 3.05) is 22.2 Å². The number of anilines is 4. The summed E-state index contributed by atoms with van der Waals surface area (Å²) < 4.78 is 5.37. The highest BCUT2D eigenvalue weighted by atomic mass is 35.5. The van der Waals surface area contributed by atoms with Gasteiger partial charge < -0.3 is 10.1 Å². The predicted molar refractivity (Wildman–Crippen MR) is 164 cm³/mol. The lowest BCUT2D eigenvalue weighted by molar-refractivity contribution is -0.120. The second-order valence-electron chi connectivity index (χ2n) is 10.4. The first-order chi connectivity index (χ1) is 19.3. The van der Waals surface area contributed by atoms with Gasteiger partial charge in [0.15, 0.2) is 0 Å². The highest BCUT2D eigenvalue weighted by Crippen LogP contribution is 2.37. The average Bonchev–Trinajstić information content (AvgIpc) is 2.93. The molecule has 10 heteroatoms. The minimum absolute atomic E-state index is 0.207. The molecule has 4 rings (SSSR count). The minimum atomic E-state index is -0.811. The van der Waals surface area contributed by atoms with Gasteiger partial charge >= 0.3 is 12.1 Å². The summed E-state index contributed by atoms with van der Waals surface area (Å²) >= 11 is 6.10. The lowest BCUT2D eigenvalue weighted by Gasteiger charge is -2.36. The van der Waals surface area contributed by atoms with Crippen molar-refractivity contribution in [3.8, 4) is 0 Å². The maximum atomic E-state index is 13.7. The number of carbonyl (C=O) groups excluding carboxylic acids is 3. The van der Waals surface area contributed by atoms with Crippen LogP contribution >= 0.6 is 11.6 Å². The number of hydrogen-bond acceptors (Lipinski definition) is 5. The average molecular weight is 580 g/mol. The first kappa shape index (κ1) is 31.4. The number of rotatable bonds is 5. The third-order valence-corrected chi connectivity index (χ3v) is 6.50. The number of ether oxygens (including phenoxy) is 1. The molecule has 0 aliphatic carbocycles. The van der Waals surface area contributed by atoms with E-state index < -0.39 is 23.6 Å². The van der Waals surface area contributed by atoms with Gasteiger partial charge in [0.25, 0.3) is 0 Å². The summed E-state index contributed by atoms with van der Waals surface area (Å²) in [6, 6.07) is 17.0. The van der Waals surface area contributed by atoms with Gasteiger partial charge in [-0.05, 0) is 83.1 Å². The van der Waals surface area contributed by atoms with Crippen molar-refractivity contribution in [2.45, 2.75) is 66.7 Å². The van der Waals surface area contributed by atoms with Crippen molar-refractivity contribution in [2.24, 2.45) is 0 Å². The topological polar surface area (TPSA) is 95.1 Å². The molecule has 9 nitrogen and oxygen atoms in total. The molecular weight excluding hydrogens is 542 g/mol. The normalized spacial score (nSPS) is 13.4. The Labute approximate surface area is 247 Å². The third kappa shape index (κ3) is 7.55. The summed E-state index contributed by atoms with van der Waals surface area (Å²) in [5.41, 5.74) is 2.94. The van der Waals surface area contributed by atoms with Crippen LogP contribution in [0, 0.1) is 6.92 Å². The molecule has 1 N–H and O–H groups in total. The van der Waals surface area contributed by atoms with Gasteiger partial charge in [0.1, 0.15) is 17.5 Å². The van der Waals surface area contributed by atoms with Gasteiger partial charge in [-0.1, -0.05) is 43.1 Å². The molecule has 1 aromatic heterocycles. The van der Waals surface area contributed by atoms with Crippen molar-refractivity contribution in [3.05, 3.63) is 76.9 Å². The summed E-state index contributed by atoms with van der Waals surface area (Å²) in [7, 11) is 1.51. The highest BCUT2D eigenvalue weighted by Gasteiger charge is 2.34. The molecule has 1 aliphatic rings. The molecule has 1 aliphatic heterocycles. The van der Waals surface area contributed by atoms with Crippen LogP contribution in [0.25, 0.3) is 0 Å². The summed E-state index contributed by atoms with van der Waals surface area (Å²) in [4.78, 5) is 48.3. The molecule has 0 saturated carbocycles. The number of halogens is 1. The lowest BCUT2D eigenvalue weighted by Crippen LogP contribution is -2.46. The SMILES string of the molecule is CC.Cc1ccc(N2Cc3nc(NC(=O)[C@H](C)N(C)C(=O)OC(C)(C)C)ccc3N(c3ccc(Cl)cc3)C2=O)cc1. The van der Waals surface area contributed by atoms with Crippen LogP contribution in [0.5, 0.6) is 0 Å². The van der Waals surface area contributed by atoms with Crippen LogP contribution in [0.4, 0.5) is 32.5 Å². The van der Waals surface area contributed by atoms with Gasteiger partial charge in [0, 0.05) is 17.8 Å². The molecule has 0 spiro atoms. The smallest absolute Gasteiger partial charge is 0.410 e. The number of fused-ring (bicyclic) bond motifs is 1. The summed E-state index contributed by atoms with van der Waals surface area (Å²) in [5.74, 6) is -0.120. The number of amides is 4. The fraction of sp³-hybridized carbons (Fsp3) is 0.355. The Kier molecular flexibility index (Phi) is 9.99. The monoisotopic (exact) mass is 579 g/mol. The fourth-order valence-corrected chi connectivity index (χ4v) is 4.12. The zero-order valence-electron chi connectivity index (χ0n) is 24.9. The minimum Gasteiger partial charge on any atom is -0.444 e.